The number of carboxylic acid groups (broad SMARTS) is 1. The number of hydrogen-bond donors (Lipinski definition) is 2. The normalized spacial score (nSPS) is 31.1. The highest BCUT2D eigenvalue weighted by Crippen LogP contribution is 2.31. The number of nitrogens with zero attached hydrogens (tertiary/aromatic N) is 3. The van der Waals surface area contributed by atoms with Crippen LogP contribution in [0.15, 0.2) is 42.0 Å². The third-order valence-electron chi connectivity index (χ3n) is 7.93. The Labute approximate surface area is 227 Å². The lowest BCUT2D eigenvalue weighted by molar-refractivity contribution is -0.151. The average Bonchev–Trinajstić information content (AvgIpc) is 2.85. The van der Waals surface area contributed by atoms with Crippen LogP contribution < -0.4 is 4.90 Å². The van der Waals surface area contributed by atoms with E-state index in [0.29, 0.717) is 32.5 Å². The molecule has 0 spiro atoms. The molecule has 0 radical (unpaired) electrons. The first-order valence-electron chi connectivity index (χ1n) is 13.7. The monoisotopic (exact) mass is 527 g/mol. The third kappa shape index (κ3) is 7.84. The highest BCUT2D eigenvalue weighted by atomic mass is 16.5. The first-order valence-corrected chi connectivity index (χ1v) is 13.7. The molecule has 8 heteroatoms. The number of hydrogen-bond acceptors (Lipinski definition) is 6. The Balaban J connectivity index is 1.96. The first-order chi connectivity index (χ1) is 18.0. The van der Waals surface area contributed by atoms with Gasteiger partial charge < -0.3 is 29.6 Å². The minimum atomic E-state index is -0.895. The van der Waals surface area contributed by atoms with E-state index in [1.165, 1.54) is 0 Å². The quantitative estimate of drug-likeness (QED) is 0.444. The van der Waals surface area contributed by atoms with Crippen LogP contribution in [0.2, 0.25) is 0 Å². The van der Waals surface area contributed by atoms with Gasteiger partial charge in [0.1, 0.15) is 6.10 Å². The molecule has 2 heterocycles. The second-order valence-electron chi connectivity index (χ2n) is 11.3. The lowest BCUT2D eigenvalue weighted by atomic mass is 9.80. The molecule has 1 fully saturated rings. The Morgan fingerprint density at radius 2 is 1.89 bits per heavy atom. The summed E-state index contributed by atoms with van der Waals surface area (Å²) in [6, 6.07) is 7.97. The molecule has 0 aromatic heterocycles. The van der Waals surface area contributed by atoms with E-state index in [0.717, 1.165) is 16.8 Å². The number of cyclic esters (lactones) is 1. The second kappa shape index (κ2) is 13.3. The predicted octanol–water partition coefficient (Wildman–Crippen LogP) is 4.35. The summed E-state index contributed by atoms with van der Waals surface area (Å²) in [5.74, 6) is -0.447. The molecule has 2 aliphatic rings. The van der Waals surface area contributed by atoms with Crippen LogP contribution in [0.3, 0.4) is 0 Å². The highest BCUT2D eigenvalue weighted by Gasteiger charge is 2.37. The fourth-order valence-corrected chi connectivity index (χ4v) is 5.61. The van der Waals surface area contributed by atoms with Crippen LogP contribution >= 0.6 is 0 Å². The zero-order valence-electron chi connectivity index (χ0n) is 23.7. The molecule has 1 aromatic rings. The molecule has 1 amide bonds. The van der Waals surface area contributed by atoms with Gasteiger partial charge in [-0.05, 0) is 56.0 Å². The molecule has 2 N–H and O–H groups in total. The first kappa shape index (κ1) is 29.7. The number of anilines is 1. The number of carbonyl (C=O) groups excluding carboxylic acids is 1. The number of amides is 1. The number of esters is 1. The molecule has 3 rings (SSSR count). The van der Waals surface area contributed by atoms with Crippen LogP contribution in [0.1, 0.15) is 45.6 Å². The summed E-state index contributed by atoms with van der Waals surface area (Å²) < 4.78 is 5.96. The molecule has 0 saturated carbocycles. The lowest BCUT2D eigenvalue weighted by Gasteiger charge is -2.43. The molecular formula is C30H45N3O5. The summed E-state index contributed by atoms with van der Waals surface area (Å²) in [6.45, 7) is 7.94. The topological polar surface area (TPSA) is 93.5 Å². The van der Waals surface area contributed by atoms with Crippen molar-refractivity contribution in [2.75, 3.05) is 45.7 Å². The molecule has 1 aromatic carbocycles. The van der Waals surface area contributed by atoms with Crippen LogP contribution in [0, 0.1) is 17.8 Å². The van der Waals surface area contributed by atoms with Crippen molar-refractivity contribution >= 4 is 23.8 Å². The summed E-state index contributed by atoms with van der Waals surface area (Å²) in [4.78, 5) is 30.7. The maximum absolute atomic E-state index is 12.8. The van der Waals surface area contributed by atoms with Gasteiger partial charge in [-0.2, -0.15) is 0 Å². The number of ether oxygens (including phenoxy) is 1. The van der Waals surface area contributed by atoms with Crippen molar-refractivity contribution < 1.29 is 24.5 Å². The van der Waals surface area contributed by atoms with Gasteiger partial charge in [-0.1, -0.05) is 44.2 Å². The Bertz CT molecular complexity index is 1020. The van der Waals surface area contributed by atoms with Crippen molar-refractivity contribution in [3.63, 3.8) is 0 Å². The Morgan fingerprint density at radius 1 is 1.16 bits per heavy atom. The molecule has 210 valence electrons. The van der Waals surface area contributed by atoms with Crippen molar-refractivity contribution in [1.29, 1.82) is 0 Å². The predicted molar refractivity (Wildman–Crippen MR) is 151 cm³/mol. The van der Waals surface area contributed by atoms with E-state index in [1.807, 2.05) is 64.2 Å². The lowest BCUT2D eigenvalue weighted by Crippen LogP contribution is -2.57. The van der Waals surface area contributed by atoms with Gasteiger partial charge in [0, 0.05) is 51.3 Å². The van der Waals surface area contributed by atoms with E-state index >= 15 is 0 Å². The summed E-state index contributed by atoms with van der Waals surface area (Å²) in [6.07, 6.45) is 5.15. The van der Waals surface area contributed by atoms with Gasteiger partial charge in [0.2, 0.25) is 0 Å². The Kier molecular flexibility index (Phi) is 10.4. The van der Waals surface area contributed by atoms with Gasteiger partial charge in [-0.15, -0.1) is 0 Å². The fourth-order valence-electron chi connectivity index (χ4n) is 5.61. The van der Waals surface area contributed by atoms with Crippen LogP contribution in [-0.4, -0.2) is 91.1 Å². The summed E-state index contributed by atoms with van der Waals surface area (Å²) in [7, 11) is 6.02. The number of aliphatic hydroxyl groups is 1. The van der Waals surface area contributed by atoms with Gasteiger partial charge in [-0.3, -0.25) is 4.79 Å². The molecule has 1 saturated heterocycles. The zero-order valence-corrected chi connectivity index (χ0v) is 23.7. The van der Waals surface area contributed by atoms with Crippen molar-refractivity contribution in [2.24, 2.45) is 17.8 Å². The molecule has 38 heavy (non-hydrogen) atoms. The number of carbonyl (C=O) groups is 2. The van der Waals surface area contributed by atoms with Gasteiger partial charge >= 0.3 is 12.1 Å². The minimum Gasteiger partial charge on any atom is -0.465 e. The molecule has 2 aliphatic heterocycles. The third-order valence-corrected chi connectivity index (χ3v) is 7.93. The highest BCUT2D eigenvalue weighted by molar-refractivity contribution is 5.71. The van der Waals surface area contributed by atoms with Gasteiger partial charge in [0.15, 0.2) is 0 Å². The number of rotatable bonds is 4. The molecule has 0 bridgehead atoms. The largest absolute Gasteiger partial charge is 0.465 e. The summed E-state index contributed by atoms with van der Waals surface area (Å²) in [5.41, 5.74) is 3.00. The maximum atomic E-state index is 12.8. The number of benzene rings is 1. The summed E-state index contributed by atoms with van der Waals surface area (Å²) >= 11 is 0. The summed E-state index contributed by atoms with van der Waals surface area (Å²) in [5, 5.41) is 20.5. The maximum Gasteiger partial charge on any atom is 0.407 e. The van der Waals surface area contributed by atoms with Gasteiger partial charge in [0.25, 0.3) is 0 Å². The standard InChI is InChI=1S/C30H45N3O5/c1-20-10-12-25(34)18-28(35)38-29(22(3)16-23-8-7-9-24(17-23)31(4)5)21(2)11-13-26(20)27-19-32(6)14-15-33(27)30(36)37/h7-9,11,13,16-17,20-21,25-27,29,34H,10,12,14-15,18-19H2,1-6H3,(H,36,37)/b13-11+,22-16+/t20-,21-,25+,26-,27+,29?/m0/s1. The van der Waals surface area contributed by atoms with E-state index in [-0.39, 0.29) is 30.2 Å². The minimum absolute atomic E-state index is 0.0275. The number of likely N-dealkylation sites (N-methyl/N-ethyl adjacent to an activating group) is 1. The SMILES string of the molecule is C/C(=C\c1cccc(N(C)C)c1)C1OC(=O)C[C@H](O)CC[C@H](C)[C@@H]([C@H]2CN(C)CCN2C(=O)O)/C=C/[C@@H]1C. The van der Waals surface area contributed by atoms with E-state index in [1.54, 1.807) is 4.90 Å². The molecule has 0 aliphatic carbocycles. The molecule has 8 nitrogen and oxygen atoms in total. The number of aliphatic hydroxyl groups excluding tert-OH is 1. The van der Waals surface area contributed by atoms with E-state index in [9.17, 15) is 19.8 Å². The average molecular weight is 528 g/mol. The molecule has 6 atom stereocenters. The smallest absolute Gasteiger partial charge is 0.407 e. The van der Waals surface area contributed by atoms with Crippen LogP contribution in [0.5, 0.6) is 0 Å². The molecular weight excluding hydrogens is 482 g/mol. The van der Waals surface area contributed by atoms with E-state index in [2.05, 4.69) is 30.0 Å². The Hall–Kier alpha value is -2.84. The van der Waals surface area contributed by atoms with Crippen molar-refractivity contribution in [2.45, 2.75) is 58.3 Å². The van der Waals surface area contributed by atoms with E-state index in [4.69, 9.17) is 4.74 Å². The zero-order chi connectivity index (χ0) is 28.0. The van der Waals surface area contributed by atoms with Gasteiger partial charge in [0.05, 0.1) is 18.6 Å². The van der Waals surface area contributed by atoms with Gasteiger partial charge in [-0.25, -0.2) is 4.79 Å². The van der Waals surface area contributed by atoms with Crippen molar-refractivity contribution in [3.8, 4) is 0 Å². The van der Waals surface area contributed by atoms with Crippen LogP contribution in [-0.2, 0) is 9.53 Å². The van der Waals surface area contributed by atoms with E-state index < -0.39 is 24.3 Å². The van der Waals surface area contributed by atoms with Crippen LogP contribution in [0.25, 0.3) is 6.08 Å². The molecule has 1 unspecified atom stereocenters. The van der Waals surface area contributed by atoms with Crippen molar-refractivity contribution in [3.05, 3.63) is 47.6 Å². The van der Waals surface area contributed by atoms with Crippen LogP contribution in [0.4, 0.5) is 10.5 Å². The second-order valence-corrected chi connectivity index (χ2v) is 11.3. The van der Waals surface area contributed by atoms with Crippen molar-refractivity contribution in [1.82, 2.24) is 9.80 Å². The fraction of sp³-hybridized carbons (Fsp3) is 0.600. The Morgan fingerprint density at radius 3 is 2.58 bits per heavy atom. The number of piperazine rings is 1.